The van der Waals surface area contributed by atoms with Crippen molar-refractivity contribution in [1.29, 1.82) is 0 Å². The van der Waals surface area contributed by atoms with E-state index in [2.05, 4.69) is 35.2 Å². The number of nitrogens with one attached hydrogen (secondary N) is 1. The van der Waals surface area contributed by atoms with Gasteiger partial charge in [0.25, 0.3) is 0 Å². The van der Waals surface area contributed by atoms with Crippen molar-refractivity contribution in [2.24, 2.45) is 5.92 Å². The van der Waals surface area contributed by atoms with E-state index in [1.807, 2.05) is 16.8 Å². The summed E-state index contributed by atoms with van der Waals surface area (Å²) in [6, 6.07) is 4.11. The molecule has 0 amide bonds. The molecule has 0 bridgehead atoms. The Morgan fingerprint density at radius 2 is 2.38 bits per heavy atom. The van der Waals surface area contributed by atoms with Gasteiger partial charge < -0.3 is 10.2 Å². The Labute approximate surface area is 126 Å². The van der Waals surface area contributed by atoms with E-state index < -0.39 is 0 Å². The average Bonchev–Trinajstić information content (AvgIpc) is 2.93. The summed E-state index contributed by atoms with van der Waals surface area (Å²) in [5, 5.41) is 8.17. The van der Waals surface area contributed by atoms with E-state index >= 15 is 0 Å². The molecule has 3 heterocycles. The molecule has 1 aliphatic rings. The van der Waals surface area contributed by atoms with Gasteiger partial charge in [0, 0.05) is 19.3 Å². The molecule has 1 N–H and O–H groups in total. The van der Waals surface area contributed by atoms with Crippen LogP contribution in [0.5, 0.6) is 0 Å². The highest BCUT2D eigenvalue weighted by Crippen LogP contribution is 2.18. The zero-order valence-corrected chi connectivity index (χ0v) is 13.0. The maximum absolute atomic E-state index is 4.75. The molecule has 0 radical (unpaired) electrons. The summed E-state index contributed by atoms with van der Waals surface area (Å²) in [5.74, 6) is 1.58. The fourth-order valence-electron chi connectivity index (χ4n) is 3.10. The van der Waals surface area contributed by atoms with Crippen LogP contribution in [0.3, 0.4) is 0 Å². The van der Waals surface area contributed by atoms with Gasteiger partial charge >= 0.3 is 0 Å². The molecule has 2 aromatic heterocycles. The Hall–Kier alpha value is -1.62. The number of hydrogen-bond donors (Lipinski definition) is 1. The van der Waals surface area contributed by atoms with Gasteiger partial charge in [0.1, 0.15) is 0 Å². The summed E-state index contributed by atoms with van der Waals surface area (Å²) >= 11 is 0. The average molecular weight is 287 g/mol. The fourth-order valence-corrected chi connectivity index (χ4v) is 3.10. The molecule has 0 aromatic carbocycles. The Bertz CT molecular complexity index is 585. The highest BCUT2D eigenvalue weighted by Gasteiger charge is 2.19. The molecule has 3 rings (SSSR count). The van der Waals surface area contributed by atoms with E-state index in [4.69, 9.17) is 4.98 Å². The summed E-state index contributed by atoms with van der Waals surface area (Å²) in [4.78, 5) is 7.11. The Morgan fingerprint density at radius 3 is 3.10 bits per heavy atom. The van der Waals surface area contributed by atoms with Crippen LogP contribution in [0.4, 0.5) is 5.95 Å². The fraction of sp³-hybridized carbons (Fsp3) is 0.625. The number of aromatic nitrogens is 3. The number of piperidine rings is 1. The number of hydrogen-bond acceptors (Lipinski definition) is 4. The van der Waals surface area contributed by atoms with Crippen LogP contribution in [-0.4, -0.2) is 40.8 Å². The zero-order chi connectivity index (χ0) is 14.7. The zero-order valence-electron chi connectivity index (χ0n) is 13.0. The quantitative estimate of drug-likeness (QED) is 0.916. The predicted octanol–water partition coefficient (Wildman–Crippen LogP) is 2.25. The molecule has 21 heavy (non-hydrogen) atoms. The van der Waals surface area contributed by atoms with Crippen LogP contribution in [0.15, 0.2) is 18.3 Å². The topological polar surface area (TPSA) is 45.5 Å². The molecule has 1 saturated heterocycles. The van der Waals surface area contributed by atoms with E-state index in [9.17, 15) is 0 Å². The van der Waals surface area contributed by atoms with Crippen molar-refractivity contribution in [3.05, 3.63) is 23.9 Å². The normalized spacial score (nSPS) is 19.0. The first-order chi connectivity index (χ1) is 10.3. The maximum atomic E-state index is 4.75. The van der Waals surface area contributed by atoms with Crippen molar-refractivity contribution >= 4 is 11.6 Å². The highest BCUT2D eigenvalue weighted by molar-refractivity contribution is 5.50. The minimum absolute atomic E-state index is 0.706. The molecule has 1 atom stereocenters. The molecule has 2 aromatic rings. The second-order valence-corrected chi connectivity index (χ2v) is 6.03. The molecule has 1 aliphatic heterocycles. The van der Waals surface area contributed by atoms with Crippen LogP contribution < -0.4 is 10.2 Å². The molecule has 0 spiro atoms. The lowest BCUT2D eigenvalue weighted by Crippen LogP contribution is -2.39. The Kier molecular flexibility index (Phi) is 4.39. The third-order valence-corrected chi connectivity index (χ3v) is 4.20. The summed E-state index contributed by atoms with van der Waals surface area (Å²) in [5.41, 5.74) is 2.14. The molecular weight excluding hydrogens is 262 g/mol. The molecule has 1 unspecified atom stereocenters. The predicted molar refractivity (Wildman–Crippen MR) is 85.8 cm³/mol. The van der Waals surface area contributed by atoms with Crippen molar-refractivity contribution in [3.63, 3.8) is 0 Å². The number of aryl methyl sites for hydroxylation is 1. The van der Waals surface area contributed by atoms with Crippen LogP contribution in [0.2, 0.25) is 0 Å². The Morgan fingerprint density at radius 1 is 1.48 bits per heavy atom. The first-order valence-corrected chi connectivity index (χ1v) is 8.05. The Balaban J connectivity index is 1.82. The van der Waals surface area contributed by atoms with Crippen molar-refractivity contribution in [2.45, 2.75) is 33.1 Å². The largest absolute Gasteiger partial charge is 0.339 e. The van der Waals surface area contributed by atoms with Gasteiger partial charge in [0.05, 0.1) is 0 Å². The number of rotatable bonds is 5. The van der Waals surface area contributed by atoms with E-state index in [-0.39, 0.29) is 0 Å². The third kappa shape index (κ3) is 3.18. The maximum Gasteiger partial charge on any atom is 0.245 e. The molecule has 5 nitrogen and oxygen atoms in total. The monoisotopic (exact) mass is 287 g/mol. The molecule has 1 fully saturated rings. The van der Waals surface area contributed by atoms with Gasteiger partial charge in [0.15, 0.2) is 5.65 Å². The van der Waals surface area contributed by atoms with Gasteiger partial charge in [-0.15, -0.1) is 5.10 Å². The van der Waals surface area contributed by atoms with Crippen molar-refractivity contribution in [1.82, 2.24) is 19.9 Å². The van der Waals surface area contributed by atoms with Gasteiger partial charge in [-0.25, -0.2) is 4.52 Å². The second-order valence-electron chi connectivity index (χ2n) is 6.03. The smallest absolute Gasteiger partial charge is 0.245 e. The van der Waals surface area contributed by atoms with Crippen molar-refractivity contribution in [3.8, 4) is 0 Å². The van der Waals surface area contributed by atoms with Crippen LogP contribution in [0.1, 0.15) is 31.7 Å². The number of fused-ring (bicyclic) bond motifs is 1. The minimum Gasteiger partial charge on any atom is -0.339 e. The summed E-state index contributed by atoms with van der Waals surface area (Å²) < 4.78 is 1.90. The van der Waals surface area contributed by atoms with Crippen molar-refractivity contribution in [2.75, 3.05) is 31.1 Å². The van der Waals surface area contributed by atoms with Crippen LogP contribution in [-0.2, 0) is 0 Å². The number of nitrogens with zero attached hydrogens (tertiary/aromatic N) is 4. The third-order valence-electron chi connectivity index (χ3n) is 4.20. The van der Waals surface area contributed by atoms with Crippen LogP contribution >= 0.6 is 0 Å². The van der Waals surface area contributed by atoms with E-state index in [0.29, 0.717) is 5.92 Å². The standard InChI is InChI=1S/C16H25N5/c1-3-9-20(12-14-7-4-8-17-11-14)16-18-15-13(2)6-5-10-21(15)19-16/h5-6,10,14,17H,3-4,7-9,11-12H2,1-2H3. The molecular formula is C16H25N5. The van der Waals surface area contributed by atoms with Crippen LogP contribution in [0, 0.1) is 12.8 Å². The number of anilines is 1. The SMILES string of the molecule is CCCN(CC1CCCNC1)c1nc2c(C)cccn2n1. The van der Waals surface area contributed by atoms with E-state index in [1.54, 1.807) is 0 Å². The van der Waals surface area contributed by atoms with Gasteiger partial charge in [0.2, 0.25) is 5.95 Å². The highest BCUT2D eigenvalue weighted by atomic mass is 15.4. The summed E-state index contributed by atoms with van der Waals surface area (Å²) in [6.45, 7) is 8.65. The molecule has 5 heteroatoms. The van der Waals surface area contributed by atoms with E-state index in [1.165, 1.54) is 18.4 Å². The first-order valence-electron chi connectivity index (χ1n) is 8.05. The van der Waals surface area contributed by atoms with Gasteiger partial charge in [-0.1, -0.05) is 13.0 Å². The van der Waals surface area contributed by atoms with Crippen molar-refractivity contribution < 1.29 is 0 Å². The van der Waals surface area contributed by atoms with Gasteiger partial charge in [-0.2, -0.15) is 4.98 Å². The molecule has 0 aliphatic carbocycles. The van der Waals surface area contributed by atoms with E-state index in [0.717, 1.165) is 44.2 Å². The van der Waals surface area contributed by atoms with Crippen LogP contribution in [0.25, 0.3) is 5.65 Å². The number of pyridine rings is 1. The summed E-state index contributed by atoms with van der Waals surface area (Å²) in [6.07, 6.45) is 5.68. The molecule has 0 saturated carbocycles. The van der Waals surface area contributed by atoms with Gasteiger partial charge in [-0.3, -0.25) is 0 Å². The lowest BCUT2D eigenvalue weighted by Gasteiger charge is -2.29. The minimum atomic E-state index is 0.706. The first kappa shape index (κ1) is 14.3. The lowest BCUT2D eigenvalue weighted by atomic mass is 9.99. The van der Waals surface area contributed by atoms with Gasteiger partial charge in [-0.05, 0) is 56.8 Å². The lowest BCUT2D eigenvalue weighted by molar-refractivity contribution is 0.375. The molecule has 114 valence electrons. The summed E-state index contributed by atoms with van der Waals surface area (Å²) in [7, 11) is 0. The second kappa shape index (κ2) is 6.43.